The van der Waals surface area contributed by atoms with Crippen LogP contribution in [0.4, 0.5) is 0 Å². The summed E-state index contributed by atoms with van der Waals surface area (Å²) in [5.41, 5.74) is 4.11. The van der Waals surface area contributed by atoms with Crippen molar-refractivity contribution in [2.45, 2.75) is 76.9 Å². The Balaban J connectivity index is 1.56. The molecule has 0 radical (unpaired) electrons. The van der Waals surface area contributed by atoms with Crippen molar-refractivity contribution in [2.75, 3.05) is 19.7 Å². The van der Waals surface area contributed by atoms with Crippen molar-refractivity contribution < 1.29 is 9.90 Å². The Hall–Kier alpha value is -1.65. The lowest BCUT2D eigenvalue weighted by Gasteiger charge is -2.56. The number of aliphatic hydroxyl groups is 1. The van der Waals surface area contributed by atoms with E-state index in [1.54, 1.807) is 6.92 Å². The van der Waals surface area contributed by atoms with Crippen LogP contribution in [-0.4, -0.2) is 58.6 Å². The van der Waals surface area contributed by atoms with Gasteiger partial charge in [-0.15, -0.1) is 0 Å². The van der Waals surface area contributed by atoms with Gasteiger partial charge in [-0.1, -0.05) is 30.3 Å². The highest BCUT2D eigenvalue weighted by Gasteiger charge is 2.50. The fraction of sp³-hybridized carbons (Fsp3) is 0.640. The molecule has 158 valence electrons. The van der Waals surface area contributed by atoms with Crippen LogP contribution < -0.4 is 0 Å². The molecule has 1 heterocycles. The molecule has 1 saturated carbocycles. The number of amides is 1. The van der Waals surface area contributed by atoms with E-state index in [1.807, 2.05) is 4.90 Å². The maximum Gasteiger partial charge on any atom is 0.219 e. The minimum Gasteiger partial charge on any atom is -0.395 e. The van der Waals surface area contributed by atoms with Gasteiger partial charge in [0.25, 0.3) is 0 Å². The second kappa shape index (κ2) is 8.61. The van der Waals surface area contributed by atoms with Crippen molar-refractivity contribution in [1.29, 1.82) is 0 Å². The Morgan fingerprint density at radius 1 is 1.21 bits per heavy atom. The predicted octanol–water partition coefficient (Wildman–Crippen LogP) is 4.05. The lowest BCUT2D eigenvalue weighted by molar-refractivity contribution is -0.134. The molecule has 1 saturated heterocycles. The summed E-state index contributed by atoms with van der Waals surface area (Å²) in [6.45, 7) is 7.84. The van der Waals surface area contributed by atoms with Gasteiger partial charge in [0.15, 0.2) is 0 Å². The third kappa shape index (κ3) is 4.29. The highest BCUT2D eigenvalue weighted by molar-refractivity contribution is 5.73. The number of nitrogens with zero attached hydrogens (tertiary/aromatic N) is 2. The largest absolute Gasteiger partial charge is 0.395 e. The van der Waals surface area contributed by atoms with Gasteiger partial charge >= 0.3 is 0 Å². The molecule has 1 aromatic carbocycles. The molecular formula is C25H36N2O2. The molecule has 4 nitrogen and oxygen atoms in total. The first-order chi connectivity index (χ1) is 14.0. The molecule has 3 aliphatic rings. The molecule has 1 aromatic rings. The number of benzene rings is 1. The van der Waals surface area contributed by atoms with Crippen LogP contribution in [0.25, 0.3) is 5.57 Å². The lowest BCUT2D eigenvalue weighted by Crippen LogP contribution is -2.67. The number of hydrogen-bond acceptors (Lipinski definition) is 3. The minimum atomic E-state index is 0.140. The molecule has 0 bridgehead atoms. The van der Waals surface area contributed by atoms with Crippen LogP contribution in [0.1, 0.15) is 69.9 Å². The van der Waals surface area contributed by atoms with Gasteiger partial charge < -0.3 is 10.0 Å². The van der Waals surface area contributed by atoms with Gasteiger partial charge in [0.05, 0.1) is 6.61 Å². The third-order valence-electron chi connectivity index (χ3n) is 7.15. The number of carbonyl (C=O) groups is 1. The summed E-state index contributed by atoms with van der Waals surface area (Å²) in [4.78, 5) is 16.7. The molecule has 1 N–H and O–H groups in total. The van der Waals surface area contributed by atoms with Crippen molar-refractivity contribution in [2.24, 2.45) is 5.92 Å². The zero-order valence-corrected chi connectivity index (χ0v) is 18.2. The van der Waals surface area contributed by atoms with E-state index in [2.05, 4.69) is 49.1 Å². The average molecular weight is 397 g/mol. The van der Waals surface area contributed by atoms with E-state index in [1.165, 1.54) is 48.8 Å². The Morgan fingerprint density at radius 3 is 2.45 bits per heavy atom. The van der Waals surface area contributed by atoms with Gasteiger partial charge in [-0.3, -0.25) is 9.69 Å². The second-order valence-corrected chi connectivity index (χ2v) is 9.49. The first-order valence-corrected chi connectivity index (χ1v) is 11.4. The number of allylic oxidation sites excluding steroid dienone is 2. The molecule has 4 heteroatoms. The monoisotopic (exact) mass is 396 g/mol. The number of likely N-dealkylation sites (tertiary alicyclic amines) is 1. The summed E-state index contributed by atoms with van der Waals surface area (Å²) in [5, 5.41) is 10.2. The summed E-state index contributed by atoms with van der Waals surface area (Å²) in [6, 6.07) is 9.68. The van der Waals surface area contributed by atoms with Crippen molar-refractivity contribution >= 4 is 11.5 Å². The fourth-order valence-corrected chi connectivity index (χ4v) is 5.32. The lowest BCUT2D eigenvalue weighted by atomic mass is 9.74. The second-order valence-electron chi connectivity index (χ2n) is 9.49. The summed E-state index contributed by atoms with van der Waals surface area (Å²) in [5.74, 6) is 1.20. The van der Waals surface area contributed by atoms with Crippen LogP contribution >= 0.6 is 0 Å². The Labute approximate surface area is 175 Å². The number of hydrogen-bond donors (Lipinski definition) is 1. The van der Waals surface area contributed by atoms with Crippen LogP contribution in [-0.2, 0) is 4.79 Å². The van der Waals surface area contributed by atoms with Gasteiger partial charge in [0.1, 0.15) is 0 Å². The van der Waals surface area contributed by atoms with Gasteiger partial charge in [-0.2, -0.15) is 0 Å². The molecule has 2 fully saturated rings. The van der Waals surface area contributed by atoms with Crippen LogP contribution in [0.3, 0.4) is 0 Å². The predicted molar refractivity (Wildman–Crippen MR) is 118 cm³/mol. The molecule has 2 aliphatic carbocycles. The molecule has 3 atom stereocenters. The van der Waals surface area contributed by atoms with E-state index in [9.17, 15) is 9.90 Å². The van der Waals surface area contributed by atoms with E-state index >= 15 is 0 Å². The zero-order valence-electron chi connectivity index (χ0n) is 18.2. The zero-order chi connectivity index (χ0) is 20.5. The van der Waals surface area contributed by atoms with E-state index in [-0.39, 0.29) is 36.6 Å². The molecule has 0 unspecified atom stereocenters. The maximum absolute atomic E-state index is 12.2. The molecule has 0 aromatic heterocycles. The first-order valence-electron chi connectivity index (χ1n) is 11.4. The quantitative estimate of drug-likeness (QED) is 0.721. The van der Waals surface area contributed by atoms with Crippen molar-refractivity contribution in [3.63, 3.8) is 0 Å². The van der Waals surface area contributed by atoms with Crippen LogP contribution in [0.5, 0.6) is 0 Å². The smallest absolute Gasteiger partial charge is 0.219 e. The molecule has 0 spiro atoms. The van der Waals surface area contributed by atoms with Crippen LogP contribution in [0.2, 0.25) is 0 Å². The van der Waals surface area contributed by atoms with Gasteiger partial charge in [0, 0.05) is 44.1 Å². The maximum atomic E-state index is 12.2. The minimum absolute atomic E-state index is 0.140. The van der Waals surface area contributed by atoms with Gasteiger partial charge in [0.2, 0.25) is 5.91 Å². The molecule has 1 amide bonds. The molecular weight excluding hydrogens is 360 g/mol. The normalized spacial score (nSPS) is 27.1. The number of carbonyl (C=O) groups excluding carboxylic acids is 1. The van der Waals surface area contributed by atoms with E-state index in [4.69, 9.17) is 0 Å². The van der Waals surface area contributed by atoms with Crippen LogP contribution in [0.15, 0.2) is 30.3 Å². The number of rotatable bonds is 8. The standard InChI is InChI=1S/C25H36N2O2/c1-17(2)26(18(3)29)15-23-25(24(16-28)27(23)14-19-8-9-19)22-12-10-21(11-13-22)20-6-4-5-7-20/h6,10-13,17,19,23-25,28H,4-5,7-9,14-16H2,1-3H3/t23-,24-,25-/m1/s1. The van der Waals surface area contributed by atoms with E-state index in [0.717, 1.165) is 19.0 Å². The van der Waals surface area contributed by atoms with E-state index in [0.29, 0.717) is 0 Å². The van der Waals surface area contributed by atoms with Crippen molar-refractivity contribution in [1.82, 2.24) is 9.80 Å². The van der Waals surface area contributed by atoms with Crippen molar-refractivity contribution in [3.05, 3.63) is 41.5 Å². The van der Waals surface area contributed by atoms with Gasteiger partial charge in [-0.25, -0.2) is 0 Å². The molecule has 1 aliphatic heterocycles. The highest BCUT2D eigenvalue weighted by Crippen LogP contribution is 2.44. The van der Waals surface area contributed by atoms with E-state index < -0.39 is 0 Å². The Bertz CT molecular complexity index is 751. The topological polar surface area (TPSA) is 43.8 Å². The van der Waals surface area contributed by atoms with Crippen molar-refractivity contribution in [3.8, 4) is 0 Å². The summed E-state index contributed by atoms with van der Waals surface area (Å²) >= 11 is 0. The SMILES string of the molecule is CC(=O)N(C[C@@H]1[C@@H](c2ccc(C3=CCCC3)cc2)[C@@H](CO)N1CC1CC1)C(C)C. The van der Waals surface area contributed by atoms with Crippen LogP contribution in [0, 0.1) is 5.92 Å². The molecule has 4 rings (SSSR count). The Kier molecular flexibility index (Phi) is 6.12. The number of aliphatic hydroxyl groups excluding tert-OH is 1. The van der Waals surface area contributed by atoms with Gasteiger partial charge in [-0.05, 0) is 68.6 Å². The average Bonchev–Trinajstić information content (AvgIpc) is 3.35. The summed E-state index contributed by atoms with van der Waals surface area (Å²) < 4.78 is 0. The summed E-state index contributed by atoms with van der Waals surface area (Å²) in [7, 11) is 0. The third-order valence-corrected chi connectivity index (χ3v) is 7.15. The Morgan fingerprint density at radius 2 is 1.93 bits per heavy atom. The fourth-order valence-electron chi connectivity index (χ4n) is 5.32. The molecule has 29 heavy (non-hydrogen) atoms. The first kappa shape index (κ1) is 20.6. The highest BCUT2D eigenvalue weighted by atomic mass is 16.3. The summed E-state index contributed by atoms with van der Waals surface area (Å²) in [6.07, 6.45) is 8.61.